The number of aliphatic carboxylic acids is 1. The van der Waals surface area contributed by atoms with Crippen LogP contribution in [0.5, 0.6) is 0 Å². The largest absolute Gasteiger partial charge is 0.480 e. The van der Waals surface area contributed by atoms with E-state index < -0.39 is 17.6 Å². The molecule has 0 radical (unpaired) electrons. The Labute approximate surface area is 146 Å². The molecule has 0 spiro atoms. The normalized spacial score (nSPS) is 23.2. The van der Waals surface area contributed by atoms with Crippen LogP contribution in [0.2, 0.25) is 0 Å². The number of hydrogen-bond donors (Lipinski definition) is 2. The van der Waals surface area contributed by atoms with E-state index in [9.17, 15) is 13.6 Å². The summed E-state index contributed by atoms with van der Waals surface area (Å²) in [5, 5.41) is 12.4. The van der Waals surface area contributed by atoms with E-state index in [1.807, 2.05) is 6.08 Å². The molecule has 0 heterocycles. The van der Waals surface area contributed by atoms with E-state index in [0.717, 1.165) is 25.5 Å². The van der Waals surface area contributed by atoms with E-state index in [1.54, 1.807) is 6.08 Å². The number of nitrogens with zero attached hydrogens (tertiary/aromatic N) is 1. The van der Waals surface area contributed by atoms with Gasteiger partial charge >= 0.3 is 5.97 Å². The van der Waals surface area contributed by atoms with Crippen LogP contribution < -0.4 is 5.32 Å². The number of carboxylic acids is 1. The molecular formula is C19H24F2N2O2. The van der Waals surface area contributed by atoms with Crippen LogP contribution in [0.3, 0.4) is 0 Å². The van der Waals surface area contributed by atoms with Crippen LogP contribution in [0, 0.1) is 17.6 Å². The molecule has 4 nitrogen and oxygen atoms in total. The fourth-order valence-corrected chi connectivity index (χ4v) is 3.25. The first-order valence-electron chi connectivity index (χ1n) is 8.82. The molecule has 0 atom stereocenters. The molecule has 2 aliphatic rings. The van der Waals surface area contributed by atoms with Gasteiger partial charge in [-0.15, -0.1) is 0 Å². The minimum atomic E-state index is -0.842. The van der Waals surface area contributed by atoms with Gasteiger partial charge in [0.1, 0.15) is 0 Å². The zero-order valence-electron chi connectivity index (χ0n) is 14.1. The first kappa shape index (κ1) is 18.0. The third kappa shape index (κ3) is 5.34. The highest BCUT2D eigenvalue weighted by molar-refractivity contribution is 5.69. The van der Waals surface area contributed by atoms with E-state index in [4.69, 9.17) is 5.11 Å². The maximum Gasteiger partial charge on any atom is 0.317 e. The highest BCUT2D eigenvalue weighted by Gasteiger charge is 2.36. The van der Waals surface area contributed by atoms with Crippen LogP contribution in [-0.2, 0) is 4.79 Å². The van der Waals surface area contributed by atoms with Crippen molar-refractivity contribution in [3.05, 3.63) is 41.5 Å². The monoisotopic (exact) mass is 350 g/mol. The Bertz CT molecular complexity index is 640. The molecule has 1 aromatic rings. The van der Waals surface area contributed by atoms with Gasteiger partial charge in [-0.2, -0.15) is 0 Å². The topological polar surface area (TPSA) is 52.6 Å². The molecular weight excluding hydrogens is 326 g/mol. The highest BCUT2D eigenvalue weighted by Crippen LogP contribution is 2.33. The van der Waals surface area contributed by atoms with Gasteiger partial charge in [-0.05, 0) is 49.3 Å². The first-order valence-corrected chi connectivity index (χ1v) is 8.82. The van der Waals surface area contributed by atoms with Crippen LogP contribution in [0.1, 0.15) is 31.2 Å². The number of carboxylic acid groups (broad SMARTS) is 1. The zero-order valence-corrected chi connectivity index (χ0v) is 14.1. The highest BCUT2D eigenvalue weighted by atomic mass is 19.2. The number of hydrogen-bond acceptors (Lipinski definition) is 3. The fraction of sp³-hybridized carbons (Fsp3) is 0.526. The van der Waals surface area contributed by atoms with Gasteiger partial charge in [0, 0.05) is 25.2 Å². The predicted molar refractivity (Wildman–Crippen MR) is 92.1 cm³/mol. The van der Waals surface area contributed by atoms with Crippen molar-refractivity contribution in [2.45, 2.75) is 37.8 Å². The van der Waals surface area contributed by atoms with Crippen molar-refractivity contribution in [2.75, 3.05) is 19.6 Å². The lowest BCUT2D eigenvalue weighted by Gasteiger charge is -2.42. The molecule has 136 valence electrons. The van der Waals surface area contributed by atoms with Crippen molar-refractivity contribution >= 4 is 12.0 Å². The lowest BCUT2D eigenvalue weighted by Crippen LogP contribution is -2.54. The van der Waals surface area contributed by atoms with Crippen molar-refractivity contribution in [2.24, 2.45) is 5.92 Å². The molecule has 2 aliphatic carbocycles. The first-order chi connectivity index (χ1) is 12.0. The summed E-state index contributed by atoms with van der Waals surface area (Å²) in [5.41, 5.74) is 0.629. The average molecular weight is 350 g/mol. The summed E-state index contributed by atoms with van der Waals surface area (Å²) in [4.78, 5) is 13.1. The third-order valence-electron chi connectivity index (χ3n) is 4.94. The SMILES string of the molecule is O=C(O)CN(CC1CC1)C1CC(NC/C=C/c2ccc(F)c(F)c2)C1. The minimum absolute atomic E-state index is 0.129. The van der Waals surface area contributed by atoms with Gasteiger partial charge in [-0.3, -0.25) is 9.69 Å². The number of rotatable bonds is 9. The van der Waals surface area contributed by atoms with Crippen molar-refractivity contribution in [1.82, 2.24) is 10.2 Å². The molecule has 0 amide bonds. The Morgan fingerprint density at radius 2 is 2.04 bits per heavy atom. The van der Waals surface area contributed by atoms with E-state index in [-0.39, 0.29) is 6.54 Å². The summed E-state index contributed by atoms with van der Waals surface area (Å²) in [7, 11) is 0. The third-order valence-corrected chi connectivity index (χ3v) is 4.94. The number of nitrogens with one attached hydrogen (secondary N) is 1. The molecule has 2 saturated carbocycles. The molecule has 25 heavy (non-hydrogen) atoms. The summed E-state index contributed by atoms with van der Waals surface area (Å²) in [6.45, 7) is 1.68. The molecule has 0 bridgehead atoms. The van der Waals surface area contributed by atoms with E-state index >= 15 is 0 Å². The Hall–Kier alpha value is -1.79. The smallest absolute Gasteiger partial charge is 0.317 e. The van der Waals surface area contributed by atoms with Gasteiger partial charge in [0.15, 0.2) is 11.6 Å². The van der Waals surface area contributed by atoms with E-state index in [2.05, 4.69) is 10.2 Å². The van der Waals surface area contributed by atoms with Crippen molar-refractivity contribution < 1.29 is 18.7 Å². The lowest BCUT2D eigenvalue weighted by atomic mass is 9.85. The second-order valence-corrected chi connectivity index (χ2v) is 7.07. The summed E-state index contributed by atoms with van der Waals surface area (Å²) in [6.07, 6.45) is 8.01. The van der Waals surface area contributed by atoms with Crippen LogP contribution in [-0.4, -0.2) is 47.7 Å². The second-order valence-electron chi connectivity index (χ2n) is 7.07. The Kier molecular flexibility index (Phi) is 5.81. The zero-order chi connectivity index (χ0) is 17.8. The predicted octanol–water partition coefficient (Wildman–Crippen LogP) is 2.90. The maximum atomic E-state index is 13.1. The fourth-order valence-electron chi connectivity index (χ4n) is 3.25. The molecule has 6 heteroatoms. The Morgan fingerprint density at radius 1 is 1.28 bits per heavy atom. The quantitative estimate of drug-likeness (QED) is 0.719. The minimum Gasteiger partial charge on any atom is -0.480 e. The van der Waals surface area contributed by atoms with Crippen LogP contribution >= 0.6 is 0 Å². The molecule has 2 N–H and O–H groups in total. The van der Waals surface area contributed by atoms with Crippen LogP contribution in [0.4, 0.5) is 8.78 Å². The number of halogens is 2. The maximum absolute atomic E-state index is 13.1. The molecule has 2 fully saturated rings. The Balaban J connectivity index is 1.38. The van der Waals surface area contributed by atoms with Gasteiger partial charge in [-0.1, -0.05) is 18.2 Å². The van der Waals surface area contributed by atoms with Gasteiger partial charge in [0.25, 0.3) is 0 Å². The Morgan fingerprint density at radius 3 is 2.68 bits per heavy atom. The van der Waals surface area contributed by atoms with E-state index in [0.29, 0.717) is 30.1 Å². The van der Waals surface area contributed by atoms with Gasteiger partial charge in [0.2, 0.25) is 0 Å². The van der Waals surface area contributed by atoms with E-state index in [1.165, 1.54) is 25.0 Å². The van der Waals surface area contributed by atoms with Gasteiger partial charge in [0.05, 0.1) is 6.54 Å². The van der Waals surface area contributed by atoms with Gasteiger partial charge in [-0.25, -0.2) is 8.78 Å². The molecule has 0 aliphatic heterocycles. The van der Waals surface area contributed by atoms with Crippen molar-refractivity contribution in [1.29, 1.82) is 0 Å². The number of benzene rings is 1. The molecule has 1 aromatic carbocycles. The average Bonchev–Trinajstić information content (AvgIpc) is 3.31. The summed E-state index contributed by atoms with van der Waals surface area (Å²) >= 11 is 0. The molecule has 0 unspecified atom stereocenters. The molecule has 0 saturated heterocycles. The lowest BCUT2D eigenvalue weighted by molar-refractivity contribution is -0.139. The van der Waals surface area contributed by atoms with Gasteiger partial charge < -0.3 is 10.4 Å². The summed E-state index contributed by atoms with van der Waals surface area (Å²) < 4.78 is 26.0. The molecule has 0 aromatic heterocycles. The standard InChI is InChI=1S/C19H24F2N2O2/c20-17-6-5-13(8-18(17)21)2-1-7-22-15-9-16(10-15)23(12-19(24)25)11-14-3-4-14/h1-2,5-6,8,14-16,22H,3-4,7,9-12H2,(H,24,25)/b2-1+. The molecule has 3 rings (SSSR count). The van der Waals surface area contributed by atoms with Crippen LogP contribution in [0.25, 0.3) is 6.08 Å². The second kappa shape index (κ2) is 8.06. The van der Waals surface area contributed by atoms with Crippen molar-refractivity contribution in [3.8, 4) is 0 Å². The summed E-state index contributed by atoms with van der Waals surface area (Å²) in [6, 6.07) is 4.57. The van der Waals surface area contributed by atoms with Crippen LogP contribution in [0.15, 0.2) is 24.3 Å². The summed E-state index contributed by atoms with van der Waals surface area (Å²) in [5.74, 6) is -1.75. The number of carbonyl (C=O) groups is 1. The van der Waals surface area contributed by atoms with Crippen molar-refractivity contribution in [3.63, 3.8) is 0 Å².